The minimum atomic E-state index is -0.522. The summed E-state index contributed by atoms with van der Waals surface area (Å²) in [4.78, 5) is 19.3. The molecule has 2 rings (SSSR count). The van der Waals surface area contributed by atoms with Crippen molar-refractivity contribution in [3.8, 4) is 0 Å². The van der Waals surface area contributed by atoms with Gasteiger partial charge in [0, 0.05) is 30.0 Å². The fraction of sp³-hybridized carbons (Fsp3) is 0. The van der Waals surface area contributed by atoms with Gasteiger partial charge in [-0.05, 0) is 18.2 Å². The first-order valence-corrected chi connectivity index (χ1v) is 5.88. The average Bonchev–Trinajstić information content (AvgIpc) is 2.43. The quantitative estimate of drug-likeness (QED) is 0.496. The maximum absolute atomic E-state index is 10.2. The molecule has 0 atom stereocenters. The molecule has 0 amide bonds. The highest BCUT2D eigenvalue weighted by molar-refractivity contribution is 6.33. The van der Waals surface area contributed by atoms with Crippen LogP contribution in [0.2, 0.25) is 5.02 Å². The van der Waals surface area contributed by atoms with Gasteiger partial charge in [0.1, 0.15) is 0 Å². The lowest BCUT2D eigenvalue weighted by molar-refractivity contribution is -0.385. The molecular formula is C12H11ClN4O4. The predicted molar refractivity (Wildman–Crippen MR) is 80.0 cm³/mol. The number of nitro benzene ring substituents is 2. The second kappa shape index (κ2) is 7.06. The van der Waals surface area contributed by atoms with Crippen LogP contribution >= 0.6 is 11.6 Å². The van der Waals surface area contributed by atoms with Gasteiger partial charge in [0.05, 0.1) is 20.6 Å². The molecule has 0 unspecified atom stereocenters. The van der Waals surface area contributed by atoms with Crippen molar-refractivity contribution in [1.82, 2.24) is 0 Å². The standard InChI is InChI=1S/C6H5ClN2O2.C6H6N2O2/c7-5-3-4(9(10)11)1-2-6(5)8;7-5-1-3-6(4-2-5)8(9)10/h1-3H,8H2;1-4H,7H2. The molecule has 0 bridgehead atoms. The second-order valence-corrected chi connectivity index (χ2v) is 4.22. The summed E-state index contributed by atoms with van der Waals surface area (Å²) in [5.41, 5.74) is 11.5. The third-order valence-electron chi connectivity index (χ3n) is 2.30. The van der Waals surface area contributed by atoms with Gasteiger partial charge in [0.15, 0.2) is 0 Å². The van der Waals surface area contributed by atoms with Crippen molar-refractivity contribution in [2.45, 2.75) is 0 Å². The van der Waals surface area contributed by atoms with E-state index in [1.165, 1.54) is 42.5 Å². The maximum atomic E-state index is 10.2. The van der Waals surface area contributed by atoms with Crippen LogP contribution in [0.4, 0.5) is 22.7 Å². The van der Waals surface area contributed by atoms with E-state index < -0.39 is 9.85 Å². The topological polar surface area (TPSA) is 138 Å². The van der Waals surface area contributed by atoms with E-state index in [4.69, 9.17) is 23.1 Å². The van der Waals surface area contributed by atoms with E-state index >= 15 is 0 Å². The number of rotatable bonds is 2. The van der Waals surface area contributed by atoms with Crippen LogP contribution in [-0.2, 0) is 0 Å². The van der Waals surface area contributed by atoms with Gasteiger partial charge in [-0.1, -0.05) is 11.6 Å². The largest absolute Gasteiger partial charge is 0.399 e. The molecule has 2 aromatic carbocycles. The van der Waals surface area contributed by atoms with Crippen LogP contribution in [0, 0.1) is 20.2 Å². The molecule has 0 aliphatic carbocycles. The van der Waals surface area contributed by atoms with E-state index in [9.17, 15) is 20.2 Å². The monoisotopic (exact) mass is 310 g/mol. The fourth-order valence-electron chi connectivity index (χ4n) is 1.23. The SMILES string of the molecule is Nc1ccc([N+](=O)[O-])cc1.Nc1ccc([N+](=O)[O-])cc1Cl. The molecule has 4 N–H and O–H groups in total. The fourth-order valence-corrected chi connectivity index (χ4v) is 1.40. The average molecular weight is 311 g/mol. The van der Waals surface area contributed by atoms with Gasteiger partial charge in [-0.3, -0.25) is 20.2 Å². The Bertz CT molecular complexity index is 661. The Morgan fingerprint density at radius 3 is 1.76 bits per heavy atom. The van der Waals surface area contributed by atoms with Gasteiger partial charge in [-0.15, -0.1) is 0 Å². The zero-order valence-electron chi connectivity index (χ0n) is 10.6. The Hall–Kier alpha value is -2.87. The summed E-state index contributed by atoms with van der Waals surface area (Å²) in [6.07, 6.45) is 0. The summed E-state index contributed by atoms with van der Waals surface area (Å²) in [6, 6.07) is 9.67. The van der Waals surface area contributed by atoms with Crippen molar-refractivity contribution in [3.63, 3.8) is 0 Å². The van der Waals surface area contributed by atoms with E-state index in [-0.39, 0.29) is 16.4 Å². The summed E-state index contributed by atoms with van der Waals surface area (Å²) in [5.74, 6) is 0. The van der Waals surface area contributed by atoms with Crippen LogP contribution in [0.25, 0.3) is 0 Å². The first-order chi connectivity index (χ1) is 9.81. The zero-order chi connectivity index (χ0) is 16.0. The van der Waals surface area contributed by atoms with Gasteiger partial charge in [-0.25, -0.2) is 0 Å². The van der Waals surface area contributed by atoms with E-state index in [1.807, 2.05) is 0 Å². The van der Waals surface area contributed by atoms with Crippen molar-refractivity contribution in [2.75, 3.05) is 11.5 Å². The van der Waals surface area contributed by atoms with Crippen molar-refractivity contribution in [1.29, 1.82) is 0 Å². The Morgan fingerprint density at radius 2 is 1.33 bits per heavy atom. The van der Waals surface area contributed by atoms with Crippen molar-refractivity contribution < 1.29 is 9.85 Å². The van der Waals surface area contributed by atoms with Crippen LogP contribution in [0.15, 0.2) is 42.5 Å². The third-order valence-corrected chi connectivity index (χ3v) is 2.63. The first kappa shape index (κ1) is 16.2. The van der Waals surface area contributed by atoms with Crippen molar-refractivity contribution in [3.05, 3.63) is 67.7 Å². The first-order valence-electron chi connectivity index (χ1n) is 5.50. The molecule has 0 aliphatic rings. The number of halogens is 1. The summed E-state index contributed by atoms with van der Waals surface area (Å²) >= 11 is 5.53. The summed E-state index contributed by atoms with van der Waals surface area (Å²) in [6.45, 7) is 0. The second-order valence-electron chi connectivity index (χ2n) is 3.81. The third kappa shape index (κ3) is 4.96. The highest BCUT2D eigenvalue weighted by atomic mass is 35.5. The minimum absolute atomic E-state index is 0.0517. The van der Waals surface area contributed by atoms with Gasteiger partial charge in [-0.2, -0.15) is 0 Å². The molecule has 0 fully saturated rings. The lowest BCUT2D eigenvalue weighted by atomic mass is 10.3. The zero-order valence-corrected chi connectivity index (χ0v) is 11.4. The maximum Gasteiger partial charge on any atom is 0.271 e. The van der Waals surface area contributed by atoms with E-state index in [0.29, 0.717) is 11.4 Å². The number of nitro groups is 2. The predicted octanol–water partition coefficient (Wildman–Crippen LogP) is 3.01. The molecule has 0 aromatic heterocycles. The summed E-state index contributed by atoms with van der Waals surface area (Å²) in [7, 11) is 0. The Balaban J connectivity index is 0.000000211. The number of benzene rings is 2. The highest BCUT2D eigenvalue weighted by Gasteiger charge is 2.06. The molecule has 0 spiro atoms. The molecule has 9 heteroatoms. The lowest BCUT2D eigenvalue weighted by Gasteiger charge is -1.95. The Morgan fingerprint density at radius 1 is 0.857 bits per heavy atom. The molecule has 0 aliphatic heterocycles. The highest BCUT2D eigenvalue weighted by Crippen LogP contribution is 2.23. The Kier molecular flexibility index (Phi) is 5.44. The van der Waals surface area contributed by atoms with Crippen LogP contribution in [0.3, 0.4) is 0 Å². The number of hydrogen-bond acceptors (Lipinski definition) is 6. The number of non-ortho nitro benzene ring substituents is 2. The van der Waals surface area contributed by atoms with Crippen LogP contribution < -0.4 is 11.5 Å². The van der Waals surface area contributed by atoms with E-state index in [1.54, 1.807) is 0 Å². The molecular weight excluding hydrogens is 300 g/mol. The van der Waals surface area contributed by atoms with Gasteiger partial charge >= 0.3 is 0 Å². The Labute approximate surface area is 124 Å². The molecule has 0 heterocycles. The number of nitrogens with zero attached hydrogens (tertiary/aromatic N) is 2. The summed E-state index contributed by atoms with van der Waals surface area (Å²) in [5, 5.41) is 20.5. The van der Waals surface area contributed by atoms with Gasteiger partial charge in [0.25, 0.3) is 11.4 Å². The minimum Gasteiger partial charge on any atom is -0.399 e. The number of nitrogen functional groups attached to an aromatic ring is 2. The molecule has 0 saturated heterocycles. The molecule has 0 radical (unpaired) electrons. The van der Waals surface area contributed by atoms with E-state index in [0.717, 1.165) is 0 Å². The van der Waals surface area contributed by atoms with Crippen molar-refractivity contribution in [2.24, 2.45) is 0 Å². The van der Waals surface area contributed by atoms with Crippen molar-refractivity contribution >= 4 is 34.4 Å². The number of hydrogen-bond donors (Lipinski definition) is 2. The molecule has 8 nitrogen and oxygen atoms in total. The van der Waals surface area contributed by atoms with E-state index in [2.05, 4.69) is 0 Å². The smallest absolute Gasteiger partial charge is 0.271 e. The number of nitrogens with two attached hydrogens (primary N) is 2. The van der Waals surface area contributed by atoms with Crippen LogP contribution in [0.5, 0.6) is 0 Å². The normalized spacial score (nSPS) is 9.38. The molecule has 2 aromatic rings. The van der Waals surface area contributed by atoms with Crippen LogP contribution in [0.1, 0.15) is 0 Å². The van der Waals surface area contributed by atoms with Crippen LogP contribution in [-0.4, -0.2) is 9.85 Å². The molecule has 0 saturated carbocycles. The summed E-state index contributed by atoms with van der Waals surface area (Å²) < 4.78 is 0. The molecule has 21 heavy (non-hydrogen) atoms. The molecule has 110 valence electrons. The lowest BCUT2D eigenvalue weighted by Crippen LogP contribution is -1.90. The van der Waals surface area contributed by atoms with Gasteiger partial charge in [0.2, 0.25) is 0 Å². The van der Waals surface area contributed by atoms with Gasteiger partial charge < -0.3 is 11.5 Å². The number of anilines is 2.